The number of anilines is 1. The molecule has 2 aliphatic heterocycles. The fraction of sp³-hybridized carbons (Fsp3) is 0.417. The number of hydrogen-bond acceptors (Lipinski definition) is 7. The summed E-state index contributed by atoms with van der Waals surface area (Å²) in [6.45, 7) is 4.32. The molecule has 0 saturated carbocycles. The van der Waals surface area contributed by atoms with Crippen molar-refractivity contribution < 1.29 is 26.9 Å². The first-order chi connectivity index (χ1) is 17.4. The first-order valence-corrected chi connectivity index (χ1v) is 12.3. The number of piperidine rings is 1. The first kappa shape index (κ1) is 25.5. The molecule has 2 aliphatic rings. The number of alkyl halides is 3. The van der Waals surface area contributed by atoms with Gasteiger partial charge in [-0.1, -0.05) is 17.4 Å². The van der Waals surface area contributed by atoms with Crippen LogP contribution >= 0.6 is 11.3 Å². The SMILES string of the molecule is CC(c1ccc(F)cc1F)N1CC2(CCN(c3nc(=O)c4cc(C(F)(F)F)cc([N+](=O)[O-])c4s3)CC2)C1. The van der Waals surface area contributed by atoms with Crippen LogP contribution in [-0.4, -0.2) is 41.0 Å². The van der Waals surface area contributed by atoms with E-state index in [2.05, 4.69) is 9.88 Å². The third-order valence-corrected chi connectivity index (χ3v) is 8.51. The van der Waals surface area contributed by atoms with Crippen LogP contribution in [0.5, 0.6) is 0 Å². The van der Waals surface area contributed by atoms with Crippen molar-refractivity contribution in [2.75, 3.05) is 31.1 Å². The van der Waals surface area contributed by atoms with E-state index in [9.17, 15) is 36.9 Å². The molecule has 1 unspecified atom stereocenters. The van der Waals surface area contributed by atoms with Gasteiger partial charge in [0.15, 0.2) is 5.13 Å². The molecular formula is C24H21F5N4O3S. The molecule has 37 heavy (non-hydrogen) atoms. The van der Waals surface area contributed by atoms with E-state index in [1.807, 2.05) is 11.8 Å². The fourth-order valence-electron chi connectivity index (χ4n) is 5.19. The quantitative estimate of drug-likeness (QED) is 0.246. The van der Waals surface area contributed by atoms with Crippen LogP contribution in [0.3, 0.4) is 0 Å². The van der Waals surface area contributed by atoms with Crippen molar-refractivity contribution in [3.63, 3.8) is 0 Å². The average Bonchev–Trinajstić information content (AvgIpc) is 2.81. The van der Waals surface area contributed by atoms with Crippen molar-refractivity contribution in [1.82, 2.24) is 9.88 Å². The van der Waals surface area contributed by atoms with Gasteiger partial charge in [-0.3, -0.25) is 19.8 Å². The number of nitro benzene ring substituents is 1. The second kappa shape index (κ2) is 8.98. The minimum atomic E-state index is -4.84. The Hall–Kier alpha value is -3.19. The Morgan fingerprint density at radius 3 is 2.41 bits per heavy atom. The smallest absolute Gasteiger partial charge is 0.348 e. The number of hydrogen-bond donors (Lipinski definition) is 0. The Labute approximate surface area is 211 Å². The van der Waals surface area contributed by atoms with Crippen LogP contribution in [-0.2, 0) is 6.18 Å². The molecule has 3 aromatic rings. The molecular weight excluding hydrogens is 519 g/mol. The van der Waals surface area contributed by atoms with E-state index in [-0.39, 0.29) is 21.3 Å². The highest BCUT2D eigenvalue weighted by atomic mass is 32.1. The minimum absolute atomic E-state index is 0.0172. The summed E-state index contributed by atoms with van der Waals surface area (Å²) in [7, 11) is 0. The lowest BCUT2D eigenvalue weighted by Crippen LogP contribution is -2.60. The van der Waals surface area contributed by atoms with Gasteiger partial charge >= 0.3 is 6.18 Å². The molecule has 7 nitrogen and oxygen atoms in total. The molecule has 5 rings (SSSR count). The van der Waals surface area contributed by atoms with Gasteiger partial charge in [0.05, 0.1) is 15.9 Å². The van der Waals surface area contributed by atoms with Crippen LogP contribution in [0.25, 0.3) is 10.1 Å². The zero-order valence-corrected chi connectivity index (χ0v) is 20.3. The van der Waals surface area contributed by atoms with E-state index in [1.54, 1.807) is 0 Å². The molecule has 0 radical (unpaired) electrons. The molecule has 3 heterocycles. The maximum atomic E-state index is 14.2. The largest absolute Gasteiger partial charge is 0.416 e. The lowest BCUT2D eigenvalue weighted by molar-refractivity contribution is -0.383. The average molecular weight is 541 g/mol. The molecule has 2 saturated heterocycles. The van der Waals surface area contributed by atoms with Crippen molar-refractivity contribution in [3.8, 4) is 0 Å². The molecule has 0 N–H and O–H groups in total. The van der Waals surface area contributed by atoms with E-state index in [4.69, 9.17) is 0 Å². The highest BCUT2D eigenvalue weighted by Gasteiger charge is 2.47. The Morgan fingerprint density at radius 1 is 1.14 bits per heavy atom. The van der Waals surface area contributed by atoms with Gasteiger partial charge in [-0.25, -0.2) is 8.78 Å². The van der Waals surface area contributed by atoms with E-state index in [1.165, 1.54) is 12.1 Å². The number of non-ortho nitro benzene ring substituents is 1. The number of nitro groups is 1. The third kappa shape index (κ3) is 4.65. The maximum absolute atomic E-state index is 14.2. The monoisotopic (exact) mass is 540 g/mol. The Bertz CT molecular complexity index is 1440. The first-order valence-electron chi connectivity index (χ1n) is 11.5. The second-order valence-corrected chi connectivity index (χ2v) is 10.6. The zero-order chi connectivity index (χ0) is 26.7. The third-order valence-electron chi connectivity index (χ3n) is 7.35. The van der Waals surface area contributed by atoms with Crippen LogP contribution in [0.2, 0.25) is 0 Å². The van der Waals surface area contributed by atoms with Gasteiger partial charge in [-0.05, 0) is 37.3 Å². The van der Waals surface area contributed by atoms with Crippen LogP contribution in [0.1, 0.15) is 36.9 Å². The summed E-state index contributed by atoms with van der Waals surface area (Å²) in [5.41, 5.74) is -2.58. The molecule has 0 bridgehead atoms. The minimum Gasteiger partial charge on any atom is -0.348 e. The molecule has 2 fully saturated rings. The van der Waals surface area contributed by atoms with Crippen molar-refractivity contribution >= 4 is 32.2 Å². The van der Waals surface area contributed by atoms with Crippen LogP contribution in [0.4, 0.5) is 32.8 Å². The topological polar surface area (TPSA) is 79.6 Å². The number of likely N-dealkylation sites (tertiary alicyclic amines) is 1. The number of aromatic nitrogens is 1. The van der Waals surface area contributed by atoms with Gasteiger partial charge in [0.25, 0.3) is 11.2 Å². The van der Waals surface area contributed by atoms with Crippen molar-refractivity contribution in [2.24, 2.45) is 5.41 Å². The number of nitrogens with zero attached hydrogens (tertiary/aromatic N) is 4. The molecule has 2 aromatic carbocycles. The van der Waals surface area contributed by atoms with Gasteiger partial charge in [0.2, 0.25) is 0 Å². The van der Waals surface area contributed by atoms with Gasteiger partial charge in [0, 0.05) is 49.9 Å². The van der Waals surface area contributed by atoms with E-state index < -0.39 is 44.9 Å². The lowest BCUT2D eigenvalue weighted by atomic mass is 9.71. The van der Waals surface area contributed by atoms with Gasteiger partial charge < -0.3 is 4.90 Å². The maximum Gasteiger partial charge on any atom is 0.416 e. The van der Waals surface area contributed by atoms with Crippen LogP contribution in [0, 0.1) is 27.2 Å². The molecule has 1 aromatic heterocycles. The number of halogens is 5. The highest BCUT2D eigenvalue weighted by Crippen LogP contribution is 2.46. The Balaban J connectivity index is 1.32. The number of fused-ring (bicyclic) bond motifs is 1. The summed E-state index contributed by atoms with van der Waals surface area (Å²) >= 11 is 0.836. The molecule has 196 valence electrons. The molecule has 1 atom stereocenters. The summed E-state index contributed by atoms with van der Waals surface area (Å²) in [5, 5.41) is 11.3. The highest BCUT2D eigenvalue weighted by molar-refractivity contribution is 7.22. The number of benzene rings is 2. The van der Waals surface area contributed by atoms with Crippen molar-refractivity contribution in [1.29, 1.82) is 0 Å². The van der Waals surface area contributed by atoms with E-state index >= 15 is 0 Å². The van der Waals surface area contributed by atoms with E-state index in [0.717, 1.165) is 30.2 Å². The Morgan fingerprint density at radius 2 is 1.81 bits per heavy atom. The van der Waals surface area contributed by atoms with Crippen molar-refractivity contribution in [3.05, 3.63) is 73.6 Å². The molecule has 0 aliphatic carbocycles. The van der Waals surface area contributed by atoms with Crippen LogP contribution < -0.4 is 10.5 Å². The van der Waals surface area contributed by atoms with Gasteiger partial charge in [-0.2, -0.15) is 18.2 Å². The lowest BCUT2D eigenvalue weighted by Gasteiger charge is -2.56. The predicted octanol–water partition coefficient (Wildman–Crippen LogP) is 5.53. The fourth-order valence-corrected chi connectivity index (χ4v) is 6.31. The van der Waals surface area contributed by atoms with Crippen LogP contribution in [0.15, 0.2) is 35.1 Å². The van der Waals surface area contributed by atoms with Gasteiger partial charge in [-0.15, -0.1) is 0 Å². The summed E-state index contributed by atoms with van der Waals surface area (Å²) < 4.78 is 66.9. The Kier molecular flexibility index (Phi) is 6.18. The number of rotatable bonds is 4. The standard InChI is InChI=1S/C24H21F5N4O3S/c1-13(16-3-2-15(25)10-18(16)26)32-11-23(12-32)4-6-31(7-5-23)22-30-21(34)17-8-14(24(27,28)29)9-19(33(35)36)20(17)37-22/h2-3,8-10,13H,4-7,11-12H2,1H3. The summed E-state index contributed by atoms with van der Waals surface area (Å²) in [6.07, 6.45) is -3.37. The normalized spacial score (nSPS) is 18.7. The molecule has 1 spiro atoms. The zero-order valence-electron chi connectivity index (χ0n) is 19.5. The van der Waals surface area contributed by atoms with Crippen molar-refractivity contribution in [2.45, 2.75) is 32.0 Å². The molecule has 0 amide bonds. The predicted molar refractivity (Wildman–Crippen MR) is 128 cm³/mol. The molecule has 13 heteroatoms. The van der Waals surface area contributed by atoms with E-state index in [0.29, 0.717) is 43.9 Å². The van der Waals surface area contributed by atoms with Gasteiger partial charge in [0.1, 0.15) is 16.3 Å². The summed E-state index contributed by atoms with van der Waals surface area (Å²) in [5.74, 6) is -1.21. The summed E-state index contributed by atoms with van der Waals surface area (Å²) in [6, 6.07) is 4.39. The second-order valence-electron chi connectivity index (χ2n) is 9.66. The summed E-state index contributed by atoms with van der Waals surface area (Å²) in [4.78, 5) is 31.1.